The minimum atomic E-state index is -3.31. The van der Waals surface area contributed by atoms with E-state index in [1.54, 1.807) is 0 Å². The molecule has 1 fully saturated rings. The van der Waals surface area contributed by atoms with E-state index < -0.39 is 10.0 Å². The summed E-state index contributed by atoms with van der Waals surface area (Å²) in [4.78, 5) is 5.07. The molecule has 1 N–H and O–H groups in total. The number of nitrogens with zero attached hydrogens (tertiary/aromatic N) is 2. The second-order valence-electron chi connectivity index (χ2n) is 5.74. The SMILES string of the molecule is CC1(CS(=O)(=O)NCc2noc(-c3cccs3)n2)CCC1. The molecule has 114 valence electrons. The van der Waals surface area contributed by atoms with Crippen LogP contribution in [0.25, 0.3) is 10.8 Å². The summed E-state index contributed by atoms with van der Waals surface area (Å²) in [6.45, 7) is 2.08. The Morgan fingerprint density at radius 1 is 1.48 bits per heavy atom. The molecule has 3 rings (SSSR count). The van der Waals surface area contributed by atoms with Gasteiger partial charge >= 0.3 is 0 Å². The van der Waals surface area contributed by atoms with Gasteiger partial charge in [0.25, 0.3) is 5.89 Å². The van der Waals surface area contributed by atoms with E-state index >= 15 is 0 Å². The van der Waals surface area contributed by atoms with Crippen molar-refractivity contribution in [1.29, 1.82) is 0 Å². The number of rotatable bonds is 6. The average molecular weight is 327 g/mol. The molecular weight excluding hydrogens is 310 g/mol. The van der Waals surface area contributed by atoms with E-state index in [1.165, 1.54) is 11.3 Å². The van der Waals surface area contributed by atoms with E-state index in [4.69, 9.17) is 4.52 Å². The Labute approximate surface area is 127 Å². The van der Waals surface area contributed by atoms with Crippen LogP contribution in [-0.2, 0) is 16.6 Å². The lowest BCUT2D eigenvalue weighted by atomic mass is 9.72. The van der Waals surface area contributed by atoms with Crippen molar-refractivity contribution in [2.24, 2.45) is 5.41 Å². The number of hydrogen-bond acceptors (Lipinski definition) is 6. The molecule has 1 aliphatic rings. The van der Waals surface area contributed by atoms with Gasteiger partial charge in [-0.15, -0.1) is 11.3 Å². The van der Waals surface area contributed by atoms with Crippen molar-refractivity contribution in [3.8, 4) is 10.8 Å². The molecule has 0 radical (unpaired) electrons. The van der Waals surface area contributed by atoms with Crippen LogP contribution in [0.4, 0.5) is 0 Å². The zero-order valence-electron chi connectivity index (χ0n) is 11.7. The van der Waals surface area contributed by atoms with Crippen molar-refractivity contribution in [3.05, 3.63) is 23.3 Å². The zero-order chi connectivity index (χ0) is 14.9. The summed E-state index contributed by atoms with van der Waals surface area (Å²) in [5.74, 6) is 0.932. The number of nitrogens with one attached hydrogen (secondary N) is 1. The molecule has 0 aromatic carbocycles. The normalized spacial score (nSPS) is 17.6. The molecule has 0 bridgehead atoms. The number of aromatic nitrogens is 2. The summed E-state index contributed by atoms with van der Waals surface area (Å²) >= 11 is 1.50. The van der Waals surface area contributed by atoms with Crippen molar-refractivity contribution in [3.63, 3.8) is 0 Å². The molecule has 0 saturated heterocycles. The first-order valence-electron chi connectivity index (χ1n) is 6.80. The monoisotopic (exact) mass is 327 g/mol. The fourth-order valence-electron chi connectivity index (χ4n) is 2.44. The van der Waals surface area contributed by atoms with E-state index in [0.29, 0.717) is 11.7 Å². The van der Waals surface area contributed by atoms with Crippen molar-refractivity contribution in [2.75, 3.05) is 5.75 Å². The average Bonchev–Trinajstić information content (AvgIpc) is 3.05. The molecule has 0 aliphatic heterocycles. The maximum atomic E-state index is 12.1. The molecule has 8 heteroatoms. The van der Waals surface area contributed by atoms with Crippen LogP contribution in [0.1, 0.15) is 32.0 Å². The van der Waals surface area contributed by atoms with Gasteiger partial charge in [-0.1, -0.05) is 24.6 Å². The quantitative estimate of drug-likeness (QED) is 0.880. The zero-order valence-corrected chi connectivity index (χ0v) is 13.3. The molecule has 2 heterocycles. The molecule has 6 nitrogen and oxygen atoms in total. The minimum absolute atomic E-state index is 0.0628. The maximum absolute atomic E-state index is 12.1. The highest BCUT2D eigenvalue weighted by molar-refractivity contribution is 7.89. The molecule has 0 amide bonds. The summed E-state index contributed by atoms with van der Waals surface area (Å²) in [5.41, 5.74) is -0.0782. The first-order valence-corrected chi connectivity index (χ1v) is 9.33. The predicted octanol–water partition coefficient (Wildman–Crippen LogP) is 2.41. The summed E-state index contributed by atoms with van der Waals surface area (Å²) in [7, 11) is -3.31. The largest absolute Gasteiger partial charge is 0.333 e. The Balaban J connectivity index is 1.60. The lowest BCUT2D eigenvalue weighted by molar-refractivity contribution is 0.193. The fourth-order valence-corrected chi connectivity index (χ4v) is 4.74. The first kappa shape index (κ1) is 14.7. The maximum Gasteiger partial charge on any atom is 0.268 e. The molecule has 1 aliphatic carbocycles. The van der Waals surface area contributed by atoms with Crippen LogP contribution >= 0.6 is 11.3 Å². The van der Waals surface area contributed by atoms with Crippen molar-refractivity contribution in [1.82, 2.24) is 14.9 Å². The van der Waals surface area contributed by atoms with E-state index in [1.807, 2.05) is 24.4 Å². The van der Waals surface area contributed by atoms with E-state index in [0.717, 1.165) is 24.1 Å². The summed E-state index contributed by atoms with van der Waals surface area (Å²) < 4.78 is 31.8. The van der Waals surface area contributed by atoms with Gasteiger partial charge in [0.15, 0.2) is 5.82 Å². The summed E-state index contributed by atoms with van der Waals surface area (Å²) in [6.07, 6.45) is 3.05. The smallest absolute Gasteiger partial charge is 0.268 e. The highest BCUT2D eigenvalue weighted by Crippen LogP contribution is 2.41. The van der Waals surface area contributed by atoms with Crippen LogP contribution in [0.5, 0.6) is 0 Å². The lowest BCUT2D eigenvalue weighted by Gasteiger charge is -2.37. The Morgan fingerprint density at radius 3 is 2.90 bits per heavy atom. The van der Waals surface area contributed by atoms with Crippen molar-refractivity contribution >= 4 is 21.4 Å². The van der Waals surface area contributed by atoms with Crippen LogP contribution in [0, 0.1) is 5.41 Å². The van der Waals surface area contributed by atoms with Crippen molar-refractivity contribution < 1.29 is 12.9 Å². The number of sulfonamides is 1. The molecule has 21 heavy (non-hydrogen) atoms. The highest BCUT2D eigenvalue weighted by atomic mass is 32.2. The summed E-state index contributed by atoms with van der Waals surface area (Å²) in [6, 6.07) is 3.77. The first-order chi connectivity index (χ1) is 9.96. The summed E-state index contributed by atoms with van der Waals surface area (Å²) in [5, 5.41) is 5.72. The van der Waals surface area contributed by atoms with Gasteiger partial charge in [-0.2, -0.15) is 4.98 Å². The molecule has 2 aromatic heterocycles. The minimum Gasteiger partial charge on any atom is -0.333 e. The van der Waals surface area contributed by atoms with Gasteiger partial charge in [-0.05, 0) is 29.7 Å². The topological polar surface area (TPSA) is 85.1 Å². The van der Waals surface area contributed by atoms with Crippen molar-refractivity contribution in [2.45, 2.75) is 32.7 Å². The van der Waals surface area contributed by atoms with E-state index in [9.17, 15) is 8.42 Å². The third-order valence-corrected chi connectivity index (χ3v) is 6.27. The molecule has 0 atom stereocenters. The van der Waals surface area contributed by atoms with Gasteiger partial charge in [0, 0.05) is 0 Å². The van der Waals surface area contributed by atoms with E-state index in [2.05, 4.69) is 14.9 Å². The van der Waals surface area contributed by atoms with Gasteiger partial charge < -0.3 is 4.52 Å². The van der Waals surface area contributed by atoms with Crippen LogP contribution in [0.2, 0.25) is 0 Å². The van der Waals surface area contributed by atoms with Crippen LogP contribution in [-0.4, -0.2) is 24.3 Å². The number of thiophene rings is 1. The van der Waals surface area contributed by atoms with Gasteiger partial charge in [0.2, 0.25) is 10.0 Å². The molecule has 2 aromatic rings. The Hall–Kier alpha value is -1.25. The molecular formula is C13H17N3O3S2. The van der Waals surface area contributed by atoms with Gasteiger partial charge in [0.05, 0.1) is 17.2 Å². The fraction of sp³-hybridized carbons (Fsp3) is 0.538. The standard InChI is InChI=1S/C13H17N3O3S2/c1-13(5-3-6-13)9-21(17,18)14-8-11-15-12(19-16-11)10-4-2-7-20-10/h2,4,7,14H,3,5-6,8-9H2,1H3. The van der Waals surface area contributed by atoms with Crippen LogP contribution < -0.4 is 4.72 Å². The number of hydrogen-bond donors (Lipinski definition) is 1. The highest BCUT2D eigenvalue weighted by Gasteiger charge is 2.36. The second-order valence-corrected chi connectivity index (χ2v) is 8.49. The van der Waals surface area contributed by atoms with Gasteiger partial charge in [0.1, 0.15) is 0 Å². The van der Waals surface area contributed by atoms with E-state index in [-0.39, 0.29) is 17.7 Å². The van der Waals surface area contributed by atoms with Gasteiger partial charge in [-0.25, -0.2) is 13.1 Å². The molecule has 0 spiro atoms. The molecule has 0 unspecified atom stereocenters. The second kappa shape index (κ2) is 5.51. The lowest BCUT2D eigenvalue weighted by Crippen LogP contribution is -2.39. The third-order valence-electron chi connectivity index (χ3n) is 3.75. The van der Waals surface area contributed by atoms with Gasteiger partial charge in [-0.3, -0.25) is 0 Å². The Bertz CT molecular complexity index is 703. The Kier molecular flexibility index (Phi) is 3.85. The van der Waals surface area contributed by atoms with Crippen LogP contribution in [0.15, 0.2) is 22.0 Å². The van der Waals surface area contributed by atoms with Crippen LogP contribution in [0.3, 0.4) is 0 Å². The molecule has 1 saturated carbocycles. The predicted molar refractivity (Wildman–Crippen MR) is 80.2 cm³/mol. The Morgan fingerprint density at radius 2 is 2.29 bits per heavy atom. The third kappa shape index (κ3) is 3.50.